The molecule has 22 heavy (non-hydrogen) atoms. The highest BCUT2D eigenvalue weighted by molar-refractivity contribution is 9.10. The lowest BCUT2D eigenvalue weighted by molar-refractivity contribution is 0.0952. The molecule has 1 aromatic carbocycles. The molecular weight excluding hydrogens is 346 g/mol. The molecule has 0 aliphatic heterocycles. The van der Waals surface area contributed by atoms with Crippen LogP contribution in [0.15, 0.2) is 33.8 Å². The summed E-state index contributed by atoms with van der Waals surface area (Å²) in [4.78, 5) is 12.2. The van der Waals surface area contributed by atoms with E-state index in [1.54, 1.807) is 18.3 Å². The normalized spacial score (nSPS) is 11.0. The molecule has 0 bridgehead atoms. The van der Waals surface area contributed by atoms with Crippen LogP contribution in [0.25, 0.3) is 0 Å². The molecule has 2 rings (SSSR count). The molecule has 0 saturated carbocycles. The largest absolute Gasteiger partial charge is 0.496 e. The zero-order chi connectivity index (χ0) is 16.3. The minimum absolute atomic E-state index is 0.320. The van der Waals surface area contributed by atoms with Crippen LogP contribution in [0.5, 0.6) is 5.75 Å². The summed E-state index contributed by atoms with van der Waals surface area (Å²) in [6, 6.07) is 7.26. The van der Waals surface area contributed by atoms with Crippen LogP contribution in [-0.4, -0.2) is 23.8 Å². The number of hydrazone groups is 1. The highest BCUT2D eigenvalue weighted by Gasteiger charge is 2.12. The average Bonchev–Trinajstić information content (AvgIpc) is 2.74. The molecule has 0 atom stereocenters. The van der Waals surface area contributed by atoms with Crippen molar-refractivity contribution in [3.8, 4) is 5.75 Å². The number of hydrogen-bond acceptors (Lipinski definition) is 3. The lowest BCUT2D eigenvalue weighted by Crippen LogP contribution is -2.18. The number of nitrogens with zero attached hydrogens (tertiary/aromatic N) is 2. The summed E-state index contributed by atoms with van der Waals surface area (Å²) in [5.41, 5.74) is 6.16. The minimum atomic E-state index is -0.320. The fraction of sp³-hybridized carbons (Fsp3) is 0.250. The third kappa shape index (κ3) is 3.39. The van der Waals surface area contributed by atoms with Crippen molar-refractivity contribution in [2.24, 2.45) is 12.1 Å². The molecule has 0 aliphatic carbocycles. The van der Waals surface area contributed by atoms with Crippen molar-refractivity contribution in [1.82, 2.24) is 9.99 Å². The number of carbonyl (C=O) groups excluding carboxylic acids is 1. The molecule has 0 aliphatic rings. The first-order valence-electron chi connectivity index (χ1n) is 6.74. The summed E-state index contributed by atoms with van der Waals surface area (Å²) in [6.45, 7) is 4.03. The van der Waals surface area contributed by atoms with Gasteiger partial charge in [0.2, 0.25) is 0 Å². The lowest BCUT2D eigenvalue weighted by Gasteiger charge is -2.07. The first kappa shape index (κ1) is 16.3. The van der Waals surface area contributed by atoms with Crippen molar-refractivity contribution in [2.75, 3.05) is 7.11 Å². The molecule has 1 heterocycles. The molecule has 5 nitrogen and oxygen atoms in total. The predicted octanol–water partition coefficient (Wildman–Crippen LogP) is 3.18. The monoisotopic (exact) mass is 363 g/mol. The van der Waals surface area contributed by atoms with E-state index in [1.165, 1.54) is 7.11 Å². The van der Waals surface area contributed by atoms with Gasteiger partial charge >= 0.3 is 0 Å². The van der Waals surface area contributed by atoms with Crippen molar-refractivity contribution >= 4 is 28.1 Å². The van der Waals surface area contributed by atoms with E-state index in [-0.39, 0.29) is 5.91 Å². The third-order valence-electron chi connectivity index (χ3n) is 3.59. The van der Waals surface area contributed by atoms with E-state index < -0.39 is 0 Å². The quantitative estimate of drug-likeness (QED) is 0.669. The van der Waals surface area contributed by atoms with Crippen LogP contribution in [-0.2, 0) is 7.05 Å². The number of aromatic nitrogens is 1. The summed E-state index contributed by atoms with van der Waals surface area (Å²) < 4.78 is 8.06. The van der Waals surface area contributed by atoms with Gasteiger partial charge in [-0.05, 0) is 38.1 Å². The highest BCUT2D eigenvalue weighted by atomic mass is 79.9. The van der Waals surface area contributed by atoms with Gasteiger partial charge in [-0.1, -0.05) is 15.9 Å². The van der Waals surface area contributed by atoms with Crippen molar-refractivity contribution in [3.63, 3.8) is 0 Å². The molecule has 0 radical (unpaired) electrons. The van der Waals surface area contributed by atoms with Gasteiger partial charge < -0.3 is 9.30 Å². The molecule has 116 valence electrons. The number of hydrogen-bond donors (Lipinski definition) is 1. The van der Waals surface area contributed by atoms with Gasteiger partial charge in [-0.2, -0.15) is 5.10 Å². The molecule has 0 fully saturated rings. The SMILES string of the molecule is COc1ccc(Br)cc1C(=O)N/N=C\c1cc(C)n(C)c1C. The maximum absolute atomic E-state index is 12.2. The Kier molecular flexibility index (Phi) is 5.03. The van der Waals surface area contributed by atoms with E-state index >= 15 is 0 Å². The number of halogens is 1. The minimum Gasteiger partial charge on any atom is -0.496 e. The number of benzene rings is 1. The molecule has 6 heteroatoms. The van der Waals surface area contributed by atoms with Crippen LogP contribution >= 0.6 is 15.9 Å². The lowest BCUT2D eigenvalue weighted by atomic mass is 10.2. The fourth-order valence-electron chi connectivity index (χ4n) is 2.09. The number of amides is 1. The van der Waals surface area contributed by atoms with Gasteiger partial charge in [0.15, 0.2) is 0 Å². The molecule has 0 spiro atoms. The summed E-state index contributed by atoms with van der Waals surface area (Å²) in [7, 11) is 3.52. The van der Waals surface area contributed by atoms with Crippen molar-refractivity contribution in [1.29, 1.82) is 0 Å². The van der Waals surface area contributed by atoms with Gasteiger partial charge in [0.05, 0.1) is 18.9 Å². The van der Waals surface area contributed by atoms with Crippen LogP contribution in [0.3, 0.4) is 0 Å². The van der Waals surface area contributed by atoms with Crippen LogP contribution in [0, 0.1) is 13.8 Å². The van der Waals surface area contributed by atoms with Gasteiger partial charge in [-0.15, -0.1) is 0 Å². The maximum Gasteiger partial charge on any atom is 0.275 e. The fourth-order valence-corrected chi connectivity index (χ4v) is 2.45. The van der Waals surface area contributed by atoms with E-state index in [0.717, 1.165) is 21.4 Å². The number of carbonyl (C=O) groups is 1. The van der Waals surface area contributed by atoms with Crippen LogP contribution in [0.2, 0.25) is 0 Å². The van der Waals surface area contributed by atoms with E-state index in [1.807, 2.05) is 33.0 Å². The van der Waals surface area contributed by atoms with Crippen molar-refractivity contribution in [3.05, 3.63) is 51.3 Å². The second-order valence-electron chi connectivity index (χ2n) is 4.93. The maximum atomic E-state index is 12.2. The highest BCUT2D eigenvalue weighted by Crippen LogP contribution is 2.22. The molecule has 1 amide bonds. The van der Waals surface area contributed by atoms with Crippen molar-refractivity contribution < 1.29 is 9.53 Å². The molecular formula is C16H18BrN3O2. The zero-order valence-corrected chi connectivity index (χ0v) is 14.6. The Bertz CT molecular complexity index is 735. The molecule has 2 aromatic rings. The van der Waals surface area contributed by atoms with Gasteiger partial charge in [0.25, 0.3) is 5.91 Å². The number of nitrogens with one attached hydrogen (secondary N) is 1. The molecule has 1 N–H and O–H groups in total. The standard InChI is InChI=1S/C16H18BrN3O2/c1-10-7-12(11(2)20(10)3)9-18-19-16(21)14-8-13(17)5-6-15(14)22-4/h5-9H,1-4H3,(H,19,21)/b18-9-. The van der Waals surface area contributed by atoms with Crippen LogP contribution < -0.4 is 10.2 Å². The van der Waals surface area contributed by atoms with Gasteiger partial charge in [0.1, 0.15) is 5.75 Å². The summed E-state index contributed by atoms with van der Waals surface area (Å²) in [5.74, 6) is 0.183. The topological polar surface area (TPSA) is 55.6 Å². The van der Waals surface area contributed by atoms with Crippen molar-refractivity contribution in [2.45, 2.75) is 13.8 Å². The Labute approximate surface area is 138 Å². The molecule has 0 unspecified atom stereocenters. The number of ether oxygens (including phenoxy) is 1. The summed E-state index contributed by atoms with van der Waals surface area (Å²) >= 11 is 3.34. The Hall–Kier alpha value is -2.08. The first-order chi connectivity index (χ1) is 10.4. The second-order valence-corrected chi connectivity index (χ2v) is 5.84. The number of rotatable bonds is 4. The van der Waals surface area contributed by atoms with Crippen LogP contribution in [0.4, 0.5) is 0 Å². The summed E-state index contributed by atoms with van der Waals surface area (Å²) in [6.07, 6.45) is 1.64. The Morgan fingerprint density at radius 3 is 2.68 bits per heavy atom. The zero-order valence-electron chi connectivity index (χ0n) is 13.0. The van der Waals surface area contributed by atoms with E-state index in [2.05, 4.69) is 31.0 Å². The predicted molar refractivity (Wildman–Crippen MR) is 90.6 cm³/mol. The smallest absolute Gasteiger partial charge is 0.275 e. The van der Waals surface area contributed by atoms with Gasteiger partial charge in [-0.3, -0.25) is 4.79 Å². The van der Waals surface area contributed by atoms with Gasteiger partial charge in [-0.25, -0.2) is 5.43 Å². The second kappa shape index (κ2) is 6.79. The van der Waals surface area contributed by atoms with E-state index in [0.29, 0.717) is 11.3 Å². The average molecular weight is 364 g/mol. The number of aryl methyl sites for hydroxylation is 1. The number of methoxy groups -OCH3 is 1. The molecule has 1 aromatic heterocycles. The Morgan fingerprint density at radius 2 is 2.09 bits per heavy atom. The first-order valence-corrected chi connectivity index (χ1v) is 7.53. The third-order valence-corrected chi connectivity index (χ3v) is 4.08. The Balaban J connectivity index is 2.14. The van der Waals surface area contributed by atoms with E-state index in [9.17, 15) is 4.79 Å². The van der Waals surface area contributed by atoms with E-state index in [4.69, 9.17) is 4.74 Å². The van der Waals surface area contributed by atoms with Gasteiger partial charge in [0, 0.05) is 28.5 Å². The summed E-state index contributed by atoms with van der Waals surface area (Å²) in [5, 5.41) is 4.03. The Morgan fingerprint density at radius 1 is 1.36 bits per heavy atom. The molecule has 0 saturated heterocycles. The van der Waals surface area contributed by atoms with Crippen LogP contribution in [0.1, 0.15) is 27.3 Å².